The SMILES string of the molecule is C[C@H](NC(=O)N(CCO)CCc1ccc(-c2ccccc2)cc1)C(=O)O. The van der Waals surface area contributed by atoms with Gasteiger partial charge in [-0.25, -0.2) is 4.79 Å². The Morgan fingerprint density at radius 3 is 2.19 bits per heavy atom. The molecule has 0 aromatic heterocycles. The minimum Gasteiger partial charge on any atom is -0.480 e. The van der Waals surface area contributed by atoms with Crippen LogP contribution in [0.4, 0.5) is 4.79 Å². The fourth-order valence-corrected chi connectivity index (χ4v) is 2.53. The van der Waals surface area contributed by atoms with Gasteiger partial charge in [0.1, 0.15) is 6.04 Å². The van der Waals surface area contributed by atoms with E-state index in [2.05, 4.69) is 5.32 Å². The number of nitrogens with zero attached hydrogens (tertiary/aromatic N) is 1. The van der Waals surface area contributed by atoms with Crippen LogP contribution in [0.25, 0.3) is 11.1 Å². The van der Waals surface area contributed by atoms with E-state index in [1.165, 1.54) is 11.8 Å². The minimum atomic E-state index is -1.10. The van der Waals surface area contributed by atoms with Crippen molar-refractivity contribution in [1.82, 2.24) is 10.2 Å². The maximum Gasteiger partial charge on any atom is 0.325 e. The Morgan fingerprint density at radius 1 is 1.00 bits per heavy atom. The van der Waals surface area contributed by atoms with Gasteiger partial charge in [0.05, 0.1) is 6.61 Å². The molecule has 0 aliphatic heterocycles. The normalized spacial score (nSPS) is 11.6. The first-order chi connectivity index (χ1) is 12.5. The van der Waals surface area contributed by atoms with Crippen LogP contribution in [-0.2, 0) is 11.2 Å². The number of rotatable bonds is 8. The highest BCUT2D eigenvalue weighted by Gasteiger charge is 2.18. The van der Waals surface area contributed by atoms with E-state index in [0.29, 0.717) is 13.0 Å². The molecule has 0 heterocycles. The fraction of sp³-hybridized carbons (Fsp3) is 0.300. The molecule has 26 heavy (non-hydrogen) atoms. The minimum absolute atomic E-state index is 0.153. The molecule has 2 rings (SSSR count). The van der Waals surface area contributed by atoms with E-state index in [1.54, 1.807) is 0 Å². The lowest BCUT2D eigenvalue weighted by atomic mass is 10.0. The van der Waals surface area contributed by atoms with Gasteiger partial charge in [-0.05, 0) is 30.0 Å². The molecule has 0 aliphatic carbocycles. The predicted molar refractivity (Wildman–Crippen MR) is 99.9 cm³/mol. The van der Waals surface area contributed by atoms with Gasteiger partial charge in [-0.15, -0.1) is 0 Å². The summed E-state index contributed by atoms with van der Waals surface area (Å²) < 4.78 is 0. The molecule has 0 radical (unpaired) electrons. The van der Waals surface area contributed by atoms with E-state index in [0.717, 1.165) is 16.7 Å². The van der Waals surface area contributed by atoms with E-state index < -0.39 is 18.0 Å². The van der Waals surface area contributed by atoms with Crippen LogP contribution in [0.3, 0.4) is 0 Å². The summed E-state index contributed by atoms with van der Waals surface area (Å²) in [4.78, 5) is 24.4. The molecule has 3 N–H and O–H groups in total. The molecule has 138 valence electrons. The summed E-state index contributed by atoms with van der Waals surface area (Å²) >= 11 is 0. The summed E-state index contributed by atoms with van der Waals surface area (Å²) in [5.74, 6) is -1.10. The van der Waals surface area contributed by atoms with Gasteiger partial charge in [-0.2, -0.15) is 0 Å². The number of carbonyl (C=O) groups is 2. The third kappa shape index (κ3) is 5.60. The molecule has 0 spiro atoms. The summed E-state index contributed by atoms with van der Waals surface area (Å²) in [5.41, 5.74) is 3.32. The molecular formula is C20H24N2O4. The molecular weight excluding hydrogens is 332 g/mol. The van der Waals surface area contributed by atoms with Crippen LogP contribution in [-0.4, -0.2) is 52.9 Å². The van der Waals surface area contributed by atoms with Crippen molar-refractivity contribution >= 4 is 12.0 Å². The third-order valence-corrected chi connectivity index (χ3v) is 4.10. The average Bonchev–Trinajstić information content (AvgIpc) is 2.66. The molecule has 0 unspecified atom stereocenters. The van der Waals surface area contributed by atoms with Crippen LogP contribution < -0.4 is 5.32 Å². The zero-order chi connectivity index (χ0) is 18.9. The Morgan fingerprint density at radius 2 is 1.62 bits per heavy atom. The maximum absolute atomic E-state index is 12.1. The van der Waals surface area contributed by atoms with Crippen LogP contribution in [0.5, 0.6) is 0 Å². The second-order valence-electron chi connectivity index (χ2n) is 6.03. The molecule has 0 aliphatic rings. The predicted octanol–water partition coefficient (Wildman–Crippen LogP) is 2.37. The number of aliphatic hydroxyl groups excluding tert-OH is 1. The highest BCUT2D eigenvalue weighted by Crippen LogP contribution is 2.19. The molecule has 0 saturated heterocycles. The molecule has 0 saturated carbocycles. The van der Waals surface area contributed by atoms with E-state index in [-0.39, 0.29) is 13.2 Å². The highest BCUT2D eigenvalue weighted by atomic mass is 16.4. The first kappa shape index (κ1) is 19.5. The summed E-state index contributed by atoms with van der Waals surface area (Å²) in [6.45, 7) is 1.77. The van der Waals surface area contributed by atoms with Crippen molar-refractivity contribution in [3.05, 3.63) is 60.2 Å². The average molecular weight is 356 g/mol. The molecule has 2 aromatic carbocycles. The Kier molecular flexibility index (Phi) is 7.17. The second-order valence-corrected chi connectivity index (χ2v) is 6.03. The largest absolute Gasteiger partial charge is 0.480 e. The number of carboxylic acid groups (broad SMARTS) is 1. The van der Waals surface area contributed by atoms with E-state index >= 15 is 0 Å². The topological polar surface area (TPSA) is 89.9 Å². The summed E-state index contributed by atoms with van der Waals surface area (Å²) in [6.07, 6.45) is 0.615. The number of aliphatic hydroxyl groups is 1. The van der Waals surface area contributed by atoms with E-state index in [4.69, 9.17) is 10.2 Å². The summed E-state index contributed by atoms with van der Waals surface area (Å²) in [7, 11) is 0. The number of amides is 2. The van der Waals surface area contributed by atoms with E-state index in [1.807, 2.05) is 54.6 Å². The molecule has 2 aromatic rings. The second kappa shape index (κ2) is 9.58. The maximum atomic E-state index is 12.1. The van der Waals surface area contributed by atoms with Gasteiger partial charge < -0.3 is 20.4 Å². The highest BCUT2D eigenvalue weighted by molar-refractivity contribution is 5.82. The molecule has 0 fully saturated rings. The summed E-state index contributed by atoms with van der Waals surface area (Å²) in [6, 6.07) is 16.7. The van der Waals surface area contributed by atoms with Crippen LogP contribution in [0.15, 0.2) is 54.6 Å². The smallest absolute Gasteiger partial charge is 0.325 e. The molecule has 6 heteroatoms. The first-order valence-corrected chi connectivity index (χ1v) is 8.54. The number of nitrogens with one attached hydrogen (secondary N) is 1. The van der Waals surface area contributed by atoms with Crippen LogP contribution in [0.2, 0.25) is 0 Å². The van der Waals surface area contributed by atoms with Crippen molar-refractivity contribution in [3.63, 3.8) is 0 Å². The zero-order valence-corrected chi connectivity index (χ0v) is 14.8. The van der Waals surface area contributed by atoms with Crippen molar-refractivity contribution in [2.24, 2.45) is 0 Å². The van der Waals surface area contributed by atoms with Crippen molar-refractivity contribution in [2.45, 2.75) is 19.4 Å². The van der Waals surface area contributed by atoms with Gasteiger partial charge in [0, 0.05) is 13.1 Å². The number of carboxylic acids is 1. The van der Waals surface area contributed by atoms with Crippen LogP contribution >= 0.6 is 0 Å². The summed E-state index contributed by atoms with van der Waals surface area (Å²) in [5, 5.41) is 20.4. The van der Waals surface area contributed by atoms with Crippen molar-refractivity contribution < 1.29 is 19.8 Å². The number of aliphatic carboxylic acids is 1. The third-order valence-electron chi connectivity index (χ3n) is 4.10. The van der Waals surface area contributed by atoms with Gasteiger partial charge in [0.15, 0.2) is 0 Å². The van der Waals surface area contributed by atoms with Crippen LogP contribution in [0, 0.1) is 0 Å². The fourth-order valence-electron chi connectivity index (χ4n) is 2.53. The van der Waals surface area contributed by atoms with Gasteiger partial charge in [0.2, 0.25) is 0 Å². The molecule has 0 bridgehead atoms. The number of carbonyl (C=O) groups excluding carboxylic acids is 1. The van der Waals surface area contributed by atoms with Gasteiger partial charge in [-0.3, -0.25) is 4.79 Å². The lowest BCUT2D eigenvalue weighted by Gasteiger charge is -2.23. The Labute approximate surface area is 153 Å². The van der Waals surface area contributed by atoms with Crippen molar-refractivity contribution in [3.8, 4) is 11.1 Å². The Balaban J connectivity index is 1.96. The number of urea groups is 1. The quantitative estimate of drug-likeness (QED) is 0.677. The Bertz CT molecular complexity index is 716. The standard InChI is InChI=1S/C20H24N2O4/c1-15(19(24)25)21-20(26)22(13-14-23)12-11-16-7-9-18(10-8-16)17-5-3-2-4-6-17/h2-10,15,23H,11-14H2,1H3,(H,21,26)(H,24,25)/t15-/m0/s1. The van der Waals surface area contributed by atoms with Gasteiger partial charge in [0.25, 0.3) is 0 Å². The number of hydrogen-bond donors (Lipinski definition) is 3. The lowest BCUT2D eigenvalue weighted by Crippen LogP contribution is -2.48. The van der Waals surface area contributed by atoms with Crippen molar-refractivity contribution in [2.75, 3.05) is 19.7 Å². The van der Waals surface area contributed by atoms with Crippen LogP contribution in [0.1, 0.15) is 12.5 Å². The number of benzene rings is 2. The van der Waals surface area contributed by atoms with Gasteiger partial charge in [-0.1, -0.05) is 54.6 Å². The molecule has 1 atom stereocenters. The van der Waals surface area contributed by atoms with E-state index in [9.17, 15) is 9.59 Å². The lowest BCUT2D eigenvalue weighted by molar-refractivity contribution is -0.138. The monoisotopic (exact) mass is 356 g/mol. The first-order valence-electron chi connectivity index (χ1n) is 8.54. The van der Waals surface area contributed by atoms with Gasteiger partial charge >= 0.3 is 12.0 Å². The zero-order valence-electron chi connectivity index (χ0n) is 14.8. The molecule has 2 amide bonds. The Hall–Kier alpha value is -2.86. The van der Waals surface area contributed by atoms with Crippen molar-refractivity contribution in [1.29, 1.82) is 0 Å². The number of hydrogen-bond acceptors (Lipinski definition) is 3. The molecule has 6 nitrogen and oxygen atoms in total.